The Morgan fingerprint density at radius 1 is 1.56 bits per heavy atom. The SMILES string of the molecule is NNC(=O)c1cn(CCN2CCOCC2=O)nn1. The molecule has 0 atom stereocenters. The zero-order valence-electron chi connectivity index (χ0n) is 9.70. The first-order valence-electron chi connectivity index (χ1n) is 5.47. The topological polar surface area (TPSA) is 115 Å². The number of hydrazine groups is 1. The number of morpholine rings is 1. The van der Waals surface area contributed by atoms with Crippen LogP contribution in [-0.2, 0) is 16.1 Å². The summed E-state index contributed by atoms with van der Waals surface area (Å²) in [6.07, 6.45) is 1.48. The zero-order valence-corrected chi connectivity index (χ0v) is 9.70. The maximum atomic E-state index is 11.5. The quantitative estimate of drug-likeness (QED) is 0.356. The van der Waals surface area contributed by atoms with Crippen molar-refractivity contribution in [3.05, 3.63) is 11.9 Å². The number of ether oxygens (including phenoxy) is 1. The fraction of sp³-hybridized carbons (Fsp3) is 0.556. The van der Waals surface area contributed by atoms with E-state index in [0.717, 1.165) is 0 Å². The highest BCUT2D eigenvalue weighted by atomic mass is 16.5. The van der Waals surface area contributed by atoms with Gasteiger partial charge in [0.05, 0.1) is 19.3 Å². The van der Waals surface area contributed by atoms with Crippen LogP contribution >= 0.6 is 0 Å². The van der Waals surface area contributed by atoms with Gasteiger partial charge in [-0.3, -0.25) is 15.0 Å². The Labute approximate surface area is 103 Å². The third-order valence-electron chi connectivity index (χ3n) is 2.59. The van der Waals surface area contributed by atoms with Crippen LogP contribution in [0.15, 0.2) is 6.20 Å². The van der Waals surface area contributed by atoms with Crippen LogP contribution in [0, 0.1) is 0 Å². The van der Waals surface area contributed by atoms with Gasteiger partial charge in [0.2, 0.25) is 5.91 Å². The molecule has 0 unspecified atom stereocenters. The summed E-state index contributed by atoms with van der Waals surface area (Å²) in [7, 11) is 0. The van der Waals surface area contributed by atoms with Gasteiger partial charge in [-0.05, 0) is 0 Å². The van der Waals surface area contributed by atoms with E-state index in [1.165, 1.54) is 10.9 Å². The first-order valence-corrected chi connectivity index (χ1v) is 5.47. The predicted octanol–water partition coefficient (Wildman–Crippen LogP) is -2.26. The Balaban J connectivity index is 1.88. The van der Waals surface area contributed by atoms with Crippen LogP contribution in [0.25, 0.3) is 0 Å². The van der Waals surface area contributed by atoms with Crippen molar-refractivity contribution in [3.63, 3.8) is 0 Å². The lowest BCUT2D eigenvalue weighted by atomic mass is 10.4. The summed E-state index contributed by atoms with van der Waals surface area (Å²) in [5, 5.41) is 7.44. The maximum absolute atomic E-state index is 11.5. The van der Waals surface area contributed by atoms with Crippen LogP contribution in [0.2, 0.25) is 0 Å². The largest absolute Gasteiger partial charge is 0.370 e. The van der Waals surface area contributed by atoms with E-state index >= 15 is 0 Å². The van der Waals surface area contributed by atoms with Gasteiger partial charge in [0.1, 0.15) is 6.61 Å². The Morgan fingerprint density at radius 2 is 2.39 bits per heavy atom. The van der Waals surface area contributed by atoms with Crippen molar-refractivity contribution in [1.82, 2.24) is 25.3 Å². The van der Waals surface area contributed by atoms with Gasteiger partial charge in [0.15, 0.2) is 5.69 Å². The Bertz CT molecular complexity index is 445. The minimum absolute atomic E-state index is 0.0405. The monoisotopic (exact) mass is 254 g/mol. The van der Waals surface area contributed by atoms with E-state index in [-0.39, 0.29) is 18.2 Å². The van der Waals surface area contributed by atoms with Crippen molar-refractivity contribution in [3.8, 4) is 0 Å². The molecule has 0 bridgehead atoms. The fourth-order valence-electron chi connectivity index (χ4n) is 1.60. The number of nitrogens with one attached hydrogen (secondary N) is 1. The van der Waals surface area contributed by atoms with Crippen molar-refractivity contribution >= 4 is 11.8 Å². The molecule has 98 valence electrons. The minimum Gasteiger partial charge on any atom is -0.370 e. The number of carbonyl (C=O) groups excluding carboxylic acids is 2. The Morgan fingerprint density at radius 3 is 3.11 bits per heavy atom. The van der Waals surface area contributed by atoms with Crippen LogP contribution in [0.4, 0.5) is 0 Å². The van der Waals surface area contributed by atoms with E-state index in [4.69, 9.17) is 10.6 Å². The highest BCUT2D eigenvalue weighted by Crippen LogP contribution is 2.00. The summed E-state index contributed by atoms with van der Waals surface area (Å²) in [6, 6.07) is 0. The molecule has 0 aromatic carbocycles. The van der Waals surface area contributed by atoms with E-state index in [9.17, 15) is 9.59 Å². The third kappa shape index (κ3) is 2.81. The summed E-state index contributed by atoms with van der Waals surface area (Å²) < 4.78 is 6.51. The third-order valence-corrected chi connectivity index (χ3v) is 2.59. The average Bonchev–Trinajstić information content (AvgIpc) is 2.86. The number of aromatic nitrogens is 3. The lowest BCUT2D eigenvalue weighted by Crippen LogP contribution is -2.43. The molecule has 1 aliphatic rings. The van der Waals surface area contributed by atoms with E-state index in [1.54, 1.807) is 4.90 Å². The lowest BCUT2D eigenvalue weighted by molar-refractivity contribution is -0.142. The normalized spacial score (nSPS) is 15.8. The number of rotatable bonds is 4. The summed E-state index contributed by atoms with van der Waals surface area (Å²) in [5.41, 5.74) is 2.12. The standard InChI is InChI=1S/C9H14N6O3/c10-11-9(17)7-5-15(13-12-7)2-1-14-3-4-18-6-8(14)16/h5H,1-4,6,10H2,(H,11,17). The molecule has 1 aromatic rings. The number of nitrogens with zero attached hydrogens (tertiary/aromatic N) is 4. The number of hydrogen-bond acceptors (Lipinski definition) is 6. The molecule has 2 heterocycles. The Kier molecular flexibility index (Phi) is 3.85. The van der Waals surface area contributed by atoms with Gasteiger partial charge in [0, 0.05) is 13.1 Å². The predicted molar refractivity (Wildman–Crippen MR) is 59.1 cm³/mol. The number of amides is 2. The molecular formula is C9H14N6O3. The number of carbonyl (C=O) groups is 2. The summed E-state index contributed by atoms with van der Waals surface area (Å²) >= 11 is 0. The van der Waals surface area contributed by atoms with Crippen molar-refractivity contribution in [2.24, 2.45) is 5.84 Å². The molecule has 0 spiro atoms. The molecule has 2 rings (SSSR count). The second-order valence-electron chi connectivity index (χ2n) is 3.77. The van der Waals surface area contributed by atoms with E-state index < -0.39 is 5.91 Å². The molecule has 0 saturated carbocycles. The molecule has 0 aliphatic carbocycles. The fourth-order valence-corrected chi connectivity index (χ4v) is 1.60. The smallest absolute Gasteiger partial charge is 0.287 e. The van der Waals surface area contributed by atoms with Crippen molar-refractivity contribution < 1.29 is 14.3 Å². The van der Waals surface area contributed by atoms with Gasteiger partial charge in [-0.2, -0.15) is 0 Å². The second-order valence-corrected chi connectivity index (χ2v) is 3.77. The number of hydrogen-bond donors (Lipinski definition) is 2. The van der Waals surface area contributed by atoms with E-state index in [0.29, 0.717) is 26.2 Å². The van der Waals surface area contributed by atoms with Gasteiger partial charge in [-0.1, -0.05) is 5.21 Å². The number of nitrogen functional groups attached to an aromatic ring is 1. The maximum Gasteiger partial charge on any atom is 0.287 e. The van der Waals surface area contributed by atoms with Crippen LogP contribution in [0.1, 0.15) is 10.5 Å². The van der Waals surface area contributed by atoms with Crippen LogP contribution < -0.4 is 11.3 Å². The van der Waals surface area contributed by atoms with Gasteiger partial charge in [0.25, 0.3) is 5.91 Å². The summed E-state index contributed by atoms with van der Waals surface area (Å²) in [6.45, 7) is 2.22. The summed E-state index contributed by atoms with van der Waals surface area (Å²) in [4.78, 5) is 24.3. The molecule has 18 heavy (non-hydrogen) atoms. The molecule has 1 fully saturated rings. The second kappa shape index (κ2) is 5.56. The minimum atomic E-state index is -0.497. The van der Waals surface area contributed by atoms with Crippen molar-refractivity contribution in [2.45, 2.75) is 6.54 Å². The number of nitrogens with two attached hydrogens (primary N) is 1. The molecule has 1 aromatic heterocycles. The Hall–Kier alpha value is -2.00. The highest BCUT2D eigenvalue weighted by Gasteiger charge is 2.18. The molecule has 1 aliphatic heterocycles. The van der Waals surface area contributed by atoms with E-state index in [2.05, 4.69) is 10.3 Å². The first-order chi connectivity index (χ1) is 8.70. The van der Waals surface area contributed by atoms with Gasteiger partial charge in [-0.25, -0.2) is 10.5 Å². The van der Waals surface area contributed by atoms with Gasteiger partial charge < -0.3 is 9.64 Å². The first kappa shape index (κ1) is 12.5. The van der Waals surface area contributed by atoms with Crippen molar-refractivity contribution in [2.75, 3.05) is 26.3 Å². The highest BCUT2D eigenvalue weighted by molar-refractivity contribution is 5.91. The van der Waals surface area contributed by atoms with Gasteiger partial charge in [-0.15, -0.1) is 5.10 Å². The van der Waals surface area contributed by atoms with Crippen molar-refractivity contribution in [1.29, 1.82) is 0 Å². The molecular weight excluding hydrogens is 240 g/mol. The molecule has 2 amide bonds. The summed E-state index contributed by atoms with van der Waals surface area (Å²) in [5.74, 6) is 4.44. The lowest BCUT2D eigenvalue weighted by Gasteiger charge is -2.26. The van der Waals surface area contributed by atoms with Crippen LogP contribution in [-0.4, -0.2) is 58.0 Å². The average molecular weight is 254 g/mol. The van der Waals surface area contributed by atoms with Crippen LogP contribution in [0.3, 0.4) is 0 Å². The molecule has 0 radical (unpaired) electrons. The molecule has 9 nitrogen and oxygen atoms in total. The van der Waals surface area contributed by atoms with E-state index in [1.807, 2.05) is 5.43 Å². The van der Waals surface area contributed by atoms with Gasteiger partial charge >= 0.3 is 0 Å². The molecule has 3 N–H and O–H groups in total. The zero-order chi connectivity index (χ0) is 13.0. The van der Waals surface area contributed by atoms with Crippen LogP contribution in [0.5, 0.6) is 0 Å². The molecule has 9 heteroatoms. The molecule has 1 saturated heterocycles.